The third-order valence-electron chi connectivity index (χ3n) is 11.3. The van der Waals surface area contributed by atoms with Gasteiger partial charge in [0, 0.05) is 12.8 Å². The molecular weight excluding hydrogens is 834 g/mol. The molecule has 0 heterocycles. The number of rotatable bonds is 48. The topological polar surface area (TPSA) is 108 Å². The van der Waals surface area contributed by atoms with Crippen molar-refractivity contribution in [3.05, 3.63) is 60.8 Å². The third-order valence-corrected chi connectivity index (χ3v) is 12.3. The second-order valence-electron chi connectivity index (χ2n) is 18.9. The summed E-state index contributed by atoms with van der Waals surface area (Å²) in [5, 5.41) is 0. The first-order valence-corrected chi connectivity index (χ1v) is 28.0. The van der Waals surface area contributed by atoms with Gasteiger partial charge in [0.05, 0.1) is 27.7 Å². The van der Waals surface area contributed by atoms with Crippen LogP contribution in [0.15, 0.2) is 60.8 Å². The van der Waals surface area contributed by atoms with E-state index in [1.165, 1.54) is 128 Å². The van der Waals surface area contributed by atoms with Gasteiger partial charge in [0.15, 0.2) is 6.10 Å². The Morgan fingerprint density at radius 3 is 1.31 bits per heavy atom. The molecule has 65 heavy (non-hydrogen) atoms. The number of unbranched alkanes of at least 4 members (excludes halogenated alkanes) is 24. The van der Waals surface area contributed by atoms with Gasteiger partial charge < -0.3 is 18.9 Å². The molecule has 0 aliphatic carbocycles. The summed E-state index contributed by atoms with van der Waals surface area (Å²) in [4.78, 5) is 35.3. The summed E-state index contributed by atoms with van der Waals surface area (Å²) in [6, 6.07) is 0. The van der Waals surface area contributed by atoms with Crippen molar-refractivity contribution < 1.29 is 42.1 Å². The van der Waals surface area contributed by atoms with Crippen molar-refractivity contribution in [2.24, 2.45) is 0 Å². The Morgan fingerprint density at radius 2 is 0.877 bits per heavy atom. The van der Waals surface area contributed by atoms with Gasteiger partial charge in [-0.3, -0.25) is 18.6 Å². The molecule has 0 radical (unpaired) electrons. The Kier molecular flexibility index (Phi) is 45.2. The van der Waals surface area contributed by atoms with Crippen LogP contribution in [0.2, 0.25) is 0 Å². The summed E-state index contributed by atoms with van der Waals surface area (Å²) in [7, 11) is 1.48. The molecule has 2 atom stereocenters. The predicted molar refractivity (Wildman–Crippen MR) is 275 cm³/mol. The zero-order valence-electron chi connectivity index (χ0n) is 42.7. The van der Waals surface area contributed by atoms with Gasteiger partial charge in [-0.15, -0.1) is 0 Å². The third kappa shape index (κ3) is 51.0. The van der Waals surface area contributed by atoms with Crippen molar-refractivity contribution in [2.45, 2.75) is 232 Å². The molecule has 0 rings (SSSR count). The number of likely N-dealkylation sites (N-methyl/N-ethyl adjacent to an activating group) is 1. The van der Waals surface area contributed by atoms with E-state index < -0.39 is 26.5 Å². The minimum atomic E-state index is -4.37. The van der Waals surface area contributed by atoms with Crippen LogP contribution in [0.1, 0.15) is 226 Å². The number of hydrogen-bond acceptors (Lipinski definition) is 7. The van der Waals surface area contributed by atoms with Gasteiger partial charge in [-0.05, 0) is 57.8 Å². The molecule has 0 aromatic heterocycles. The molecule has 378 valence electrons. The molecule has 0 amide bonds. The Hall–Kier alpha value is -2.29. The van der Waals surface area contributed by atoms with Crippen molar-refractivity contribution >= 4 is 19.8 Å². The standard InChI is InChI=1S/C55H100NO8P/c1-6-8-10-12-14-16-17-18-19-20-21-22-23-24-25-26-27-28-29-30-31-32-33-34-35-36-37-38-39-40-42-44-46-48-55(58)64-53(52-63-65(59,60)62-50-49-56(3,4)5)51-61-54(57)47-45-43-41-15-13-11-9-7-2/h8,10,14,16,18-19,21-22,24-25,53H,6-7,9,11-13,15,17,20,23,26-52H2,1-5H3/p+1/b10-8-,16-14-,19-18-,22-21-,25-24-. The molecule has 9 nitrogen and oxygen atoms in total. The van der Waals surface area contributed by atoms with Crippen LogP contribution in [0.25, 0.3) is 0 Å². The second-order valence-corrected chi connectivity index (χ2v) is 20.3. The Labute approximate surface area is 400 Å². The smallest absolute Gasteiger partial charge is 0.462 e. The number of carbonyl (C=O) groups excluding carboxylic acids is 2. The lowest BCUT2D eigenvalue weighted by Gasteiger charge is -2.24. The van der Waals surface area contributed by atoms with Crippen LogP contribution in [0.3, 0.4) is 0 Å². The number of nitrogens with zero attached hydrogens (tertiary/aromatic N) is 1. The van der Waals surface area contributed by atoms with E-state index in [1.54, 1.807) is 0 Å². The van der Waals surface area contributed by atoms with E-state index in [0.717, 1.165) is 64.2 Å². The number of phosphoric ester groups is 1. The molecular formula is C55H101NO8P+. The summed E-state index contributed by atoms with van der Waals surface area (Å²) in [6.45, 7) is 4.29. The SMILES string of the molecule is CC/C=C\C/C=C\C/C=C\C/C=C\C/C=C\CCCCCCCCCCCCCCCCCCCC(=O)OC(COC(=O)CCCCCCCCCC)COP(=O)(O)OCC[N+](C)(C)C. The summed E-state index contributed by atoms with van der Waals surface area (Å²) < 4.78 is 34.3. The second kappa shape index (κ2) is 46.8. The zero-order valence-corrected chi connectivity index (χ0v) is 43.6. The number of ether oxygens (including phenoxy) is 2. The first-order valence-electron chi connectivity index (χ1n) is 26.5. The van der Waals surface area contributed by atoms with Gasteiger partial charge in [-0.1, -0.05) is 216 Å². The van der Waals surface area contributed by atoms with Crippen LogP contribution in [-0.2, 0) is 32.7 Å². The summed E-state index contributed by atoms with van der Waals surface area (Å²) >= 11 is 0. The van der Waals surface area contributed by atoms with Crippen molar-refractivity contribution in [1.82, 2.24) is 0 Å². The van der Waals surface area contributed by atoms with Gasteiger partial charge in [0.25, 0.3) is 0 Å². The van der Waals surface area contributed by atoms with Crippen LogP contribution < -0.4 is 0 Å². The molecule has 0 aromatic rings. The van der Waals surface area contributed by atoms with E-state index >= 15 is 0 Å². The van der Waals surface area contributed by atoms with Gasteiger partial charge in [-0.2, -0.15) is 0 Å². The average Bonchev–Trinajstić information content (AvgIpc) is 3.26. The number of hydrogen-bond donors (Lipinski definition) is 1. The molecule has 0 aromatic carbocycles. The van der Waals surface area contributed by atoms with Crippen LogP contribution in [-0.4, -0.2) is 74.9 Å². The summed E-state index contributed by atoms with van der Waals surface area (Å²) in [6.07, 6.45) is 58.8. The normalized spacial score (nSPS) is 13.9. The highest BCUT2D eigenvalue weighted by Gasteiger charge is 2.27. The maximum absolute atomic E-state index is 12.7. The van der Waals surface area contributed by atoms with E-state index in [-0.39, 0.29) is 32.0 Å². The molecule has 0 saturated carbocycles. The highest BCUT2D eigenvalue weighted by atomic mass is 31.2. The molecule has 0 aliphatic heterocycles. The molecule has 0 fully saturated rings. The van der Waals surface area contributed by atoms with Crippen molar-refractivity contribution in [1.29, 1.82) is 0 Å². The van der Waals surface area contributed by atoms with Crippen LogP contribution in [0.5, 0.6) is 0 Å². The van der Waals surface area contributed by atoms with Crippen molar-refractivity contribution in [3.63, 3.8) is 0 Å². The Balaban J connectivity index is 3.96. The van der Waals surface area contributed by atoms with E-state index in [2.05, 4.69) is 74.6 Å². The molecule has 0 aliphatic rings. The fourth-order valence-corrected chi connectivity index (χ4v) is 7.96. The van der Waals surface area contributed by atoms with Crippen LogP contribution in [0, 0.1) is 0 Å². The molecule has 1 N–H and O–H groups in total. The quantitative estimate of drug-likeness (QED) is 0.0211. The highest BCUT2D eigenvalue weighted by molar-refractivity contribution is 7.47. The monoisotopic (exact) mass is 935 g/mol. The van der Waals surface area contributed by atoms with Gasteiger partial charge in [0.2, 0.25) is 0 Å². The molecule has 0 spiro atoms. The largest absolute Gasteiger partial charge is 0.472 e. The van der Waals surface area contributed by atoms with Crippen LogP contribution >= 0.6 is 7.82 Å². The number of allylic oxidation sites excluding steroid dienone is 10. The van der Waals surface area contributed by atoms with Gasteiger partial charge in [-0.25, -0.2) is 4.57 Å². The highest BCUT2D eigenvalue weighted by Crippen LogP contribution is 2.43. The lowest BCUT2D eigenvalue weighted by molar-refractivity contribution is -0.870. The van der Waals surface area contributed by atoms with Crippen LogP contribution in [0.4, 0.5) is 0 Å². The maximum Gasteiger partial charge on any atom is 0.472 e. The van der Waals surface area contributed by atoms with E-state index in [0.29, 0.717) is 17.4 Å². The molecule has 0 saturated heterocycles. The fourth-order valence-electron chi connectivity index (χ4n) is 7.22. The Bertz CT molecular complexity index is 1290. The minimum Gasteiger partial charge on any atom is -0.462 e. The zero-order chi connectivity index (χ0) is 47.8. The number of phosphoric acid groups is 1. The maximum atomic E-state index is 12.7. The molecule has 2 unspecified atom stereocenters. The van der Waals surface area contributed by atoms with Crippen molar-refractivity contribution in [3.8, 4) is 0 Å². The van der Waals surface area contributed by atoms with Crippen molar-refractivity contribution in [2.75, 3.05) is 47.5 Å². The average molecular weight is 935 g/mol. The summed E-state index contributed by atoms with van der Waals surface area (Å²) in [5.41, 5.74) is 0. The van der Waals surface area contributed by atoms with Gasteiger partial charge >= 0.3 is 19.8 Å². The number of carbonyl (C=O) groups is 2. The van der Waals surface area contributed by atoms with E-state index in [4.69, 9.17) is 18.5 Å². The van der Waals surface area contributed by atoms with E-state index in [9.17, 15) is 19.0 Å². The van der Waals surface area contributed by atoms with Gasteiger partial charge in [0.1, 0.15) is 19.8 Å². The first-order chi connectivity index (χ1) is 31.5. The molecule has 0 bridgehead atoms. The number of quaternary nitrogens is 1. The fraction of sp³-hybridized carbons (Fsp3) is 0.782. The number of esters is 2. The lowest BCUT2D eigenvalue weighted by Crippen LogP contribution is -2.37. The summed E-state index contributed by atoms with van der Waals surface area (Å²) in [5.74, 6) is -0.797. The predicted octanol–water partition coefficient (Wildman–Crippen LogP) is 16.0. The lowest BCUT2D eigenvalue weighted by atomic mass is 10.0. The van der Waals surface area contributed by atoms with E-state index in [1.807, 2.05) is 21.1 Å². The Morgan fingerprint density at radius 1 is 0.492 bits per heavy atom. The molecule has 10 heteroatoms. The minimum absolute atomic E-state index is 0.0324. The first kappa shape index (κ1) is 62.7.